The van der Waals surface area contributed by atoms with Crippen molar-refractivity contribution in [3.63, 3.8) is 0 Å². The Bertz CT molecular complexity index is 2440. The molecule has 0 aliphatic heterocycles. The SMILES string of the molecule is CCCOc1ccc(-c2[nH]c3ccccc3c2C[C@H](NC(=O)OCC2c3ccccc3-c3ccccc32)C(=O)O)cc1.CCCOc1ccc(I)cc1.Oc1ccc(I)cc1. The van der Waals surface area contributed by atoms with Crippen LogP contribution in [0.1, 0.15) is 49.3 Å². The van der Waals surface area contributed by atoms with Crippen molar-refractivity contribution in [2.24, 2.45) is 0 Å². The number of carboxylic acid groups (broad SMARTS) is 1. The third-order valence-electron chi connectivity index (χ3n) is 9.88. The van der Waals surface area contributed by atoms with E-state index in [-0.39, 0.29) is 18.9 Å². The van der Waals surface area contributed by atoms with E-state index in [1.807, 2.05) is 121 Å². The molecule has 1 atom stereocenters. The number of halogens is 2. The molecule has 0 saturated carbocycles. The van der Waals surface area contributed by atoms with Crippen molar-refractivity contribution in [3.8, 4) is 39.6 Å². The van der Waals surface area contributed by atoms with Crippen LogP contribution in [0.25, 0.3) is 33.3 Å². The van der Waals surface area contributed by atoms with E-state index in [2.05, 4.69) is 81.5 Å². The maximum Gasteiger partial charge on any atom is 0.407 e. The van der Waals surface area contributed by atoms with E-state index < -0.39 is 18.1 Å². The van der Waals surface area contributed by atoms with Crippen LogP contribution in [0.5, 0.6) is 17.2 Å². The van der Waals surface area contributed by atoms with Gasteiger partial charge in [-0.2, -0.15) is 0 Å². The van der Waals surface area contributed by atoms with Crippen molar-refractivity contribution in [1.29, 1.82) is 0 Å². The molecule has 8 rings (SSSR count). The van der Waals surface area contributed by atoms with Crippen LogP contribution in [-0.4, -0.2) is 53.1 Å². The number of rotatable bonds is 13. The Balaban J connectivity index is 0.000000268. The number of phenols is 1. The van der Waals surface area contributed by atoms with Gasteiger partial charge in [0, 0.05) is 36.1 Å². The summed E-state index contributed by atoms with van der Waals surface area (Å²) >= 11 is 4.46. The van der Waals surface area contributed by atoms with E-state index in [4.69, 9.17) is 19.3 Å². The fraction of sp³-hybridized carbons (Fsp3) is 0.200. The minimum atomic E-state index is -1.19. The number of nitrogens with one attached hydrogen (secondary N) is 2. The number of benzene rings is 6. The molecule has 6 aromatic carbocycles. The topological polar surface area (TPSA) is 130 Å². The van der Waals surface area contributed by atoms with Gasteiger partial charge in [0.15, 0.2) is 0 Å². The summed E-state index contributed by atoms with van der Waals surface area (Å²) in [4.78, 5) is 28.8. The molecule has 0 radical (unpaired) electrons. The average Bonchev–Trinajstić information content (AvgIpc) is 3.81. The van der Waals surface area contributed by atoms with E-state index in [0.717, 1.165) is 84.5 Å². The van der Waals surface area contributed by atoms with Crippen LogP contribution in [0, 0.1) is 7.14 Å². The van der Waals surface area contributed by atoms with Gasteiger partial charge in [-0.05, 0) is 170 Å². The van der Waals surface area contributed by atoms with Crippen molar-refractivity contribution in [1.82, 2.24) is 10.3 Å². The summed E-state index contributed by atoms with van der Waals surface area (Å²) in [5, 5.41) is 22.4. The Morgan fingerprint density at radius 3 is 1.74 bits per heavy atom. The lowest BCUT2D eigenvalue weighted by atomic mass is 9.98. The first kappa shape index (κ1) is 45.0. The Morgan fingerprint density at radius 1 is 0.689 bits per heavy atom. The van der Waals surface area contributed by atoms with Gasteiger partial charge in [-0.25, -0.2) is 9.59 Å². The summed E-state index contributed by atoms with van der Waals surface area (Å²) in [6, 6.07) is 45.6. The Morgan fingerprint density at radius 2 is 1.20 bits per heavy atom. The number of carboxylic acids is 1. The minimum Gasteiger partial charge on any atom is -0.508 e. The number of aromatic nitrogens is 1. The summed E-state index contributed by atoms with van der Waals surface area (Å²) in [6.45, 7) is 5.71. The van der Waals surface area contributed by atoms with Crippen molar-refractivity contribution >= 4 is 68.1 Å². The number of hydrogen-bond acceptors (Lipinski definition) is 6. The third kappa shape index (κ3) is 12.3. The molecule has 9 nitrogen and oxygen atoms in total. The molecule has 0 spiro atoms. The Labute approximate surface area is 383 Å². The number of phenolic OH excluding ortho intramolecular Hbond substituents is 1. The number of fused-ring (bicyclic) bond motifs is 4. The second kappa shape index (κ2) is 22.3. The number of alkyl carbamates (subject to hydrolysis) is 1. The predicted molar refractivity (Wildman–Crippen MR) is 259 cm³/mol. The molecule has 1 heterocycles. The highest BCUT2D eigenvalue weighted by molar-refractivity contribution is 14.1. The third-order valence-corrected chi connectivity index (χ3v) is 11.3. The summed E-state index contributed by atoms with van der Waals surface area (Å²) < 4.78 is 19.2. The van der Waals surface area contributed by atoms with Crippen LogP contribution in [0.4, 0.5) is 4.79 Å². The molecule has 7 aromatic rings. The van der Waals surface area contributed by atoms with Gasteiger partial charge in [0.05, 0.1) is 13.2 Å². The van der Waals surface area contributed by atoms with Crippen molar-refractivity contribution < 1.29 is 34.0 Å². The molecule has 1 amide bonds. The molecule has 1 aromatic heterocycles. The predicted octanol–water partition coefficient (Wildman–Crippen LogP) is 12.2. The van der Waals surface area contributed by atoms with Gasteiger partial charge < -0.3 is 34.7 Å². The molecule has 1 aliphatic carbocycles. The number of aliphatic carboxylic acids is 1. The average molecular weight is 1040 g/mol. The first-order valence-corrected chi connectivity index (χ1v) is 22.3. The summed E-state index contributed by atoms with van der Waals surface area (Å²) in [5.74, 6) is 0.815. The van der Waals surface area contributed by atoms with Gasteiger partial charge in [-0.1, -0.05) is 80.6 Å². The zero-order valence-corrected chi connectivity index (χ0v) is 38.3. The molecule has 11 heteroatoms. The summed E-state index contributed by atoms with van der Waals surface area (Å²) in [7, 11) is 0. The van der Waals surface area contributed by atoms with Crippen LogP contribution >= 0.6 is 45.2 Å². The highest BCUT2D eigenvalue weighted by atomic mass is 127. The van der Waals surface area contributed by atoms with Gasteiger partial charge in [0.1, 0.15) is 29.9 Å². The molecule has 4 N–H and O–H groups in total. The van der Waals surface area contributed by atoms with Crippen LogP contribution in [-0.2, 0) is 16.0 Å². The number of ether oxygens (including phenoxy) is 3. The molecule has 0 saturated heterocycles. The van der Waals surface area contributed by atoms with Crippen molar-refractivity contribution in [2.45, 2.75) is 45.1 Å². The van der Waals surface area contributed by atoms with E-state index >= 15 is 0 Å². The van der Waals surface area contributed by atoms with Crippen LogP contribution in [0.2, 0.25) is 0 Å². The van der Waals surface area contributed by atoms with Gasteiger partial charge in [-0.15, -0.1) is 0 Å². The monoisotopic (exact) mass is 1040 g/mol. The van der Waals surface area contributed by atoms with Crippen LogP contribution in [0.3, 0.4) is 0 Å². The van der Waals surface area contributed by atoms with E-state index in [1.165, 1.54) is 3.57 Å². The standard InChI is InChI=1S/C35H32N2O5.C9H11IO.C6H5IO/c1-2-19-41-23-17-15-22(16-18-23)33-29(28-13-7-8-14-31(28)36-33)20-32(34(38)39)37-35(40)42-21-30-26-11-5-3-9-24(26)25-10-4-6-12-27(25)30;1-2-7-11-9-5-3-8(10)4-6-9;7-5-1-3-6(8)4-2-5/h3-18,30,32,36H,2,19-21H2,1H3,(H,37,40)(H,38,39);3-6H,2,7H2,1H3;1-4,8H/t32-;;/m0../s1. The lowest BCUT2D eigenvalue weighted by molar-refractivity contribution is -0.139. The number of hydrogen-bond donors (Lipinski definition) is 4. The van der Waals surface area contributed by atoms with Crippen LogP contribution < -0.4 is 14.8 Å². The Kier molecular flexibility index (Phi) is 16.5. The minimum absolute atomic E-state index is 0.0764. The highest BCUT2D eigenvalue weighted by Gasteiger charge is 2.30. The lowest BCUT2D eigenvalue weighted by Crippen LogP contribution is -2.43. The summed E-state index contributed by atoms with van der Waals surface area (Å²) in [6.07, 6.45) is 1.29. The molecule has 314 valence electrons. The lowest BCUT2D eigenvalue weighted by Gasteiger charge is -2.18. The number of para-hydroxylation sites is 1. The molecule has 0 unspecified atom stereocenters. The smallest absolute Gasteiger partial charge is 0.407 e. The first-order chi connectivity index (χ1) is 29.6. The number of carbonyl (C=O) groups excluding carboxylic acids is 1. The second-order valence-corrected chi connectivity index (χ2v) is 16.7. The normalized spacial score (nSPS) is 11.8. The number of aromatic amines is 1. The van der Waals surface area contributed by atoms with E-state index in [0.29, 0.717) is 12.4 Å². The molecule has 61 heavy (non-hydrogen) atoms. The molecular weight excluding hydrogens is 994 g/mol. The van der Waals surface area contributed by atoms with Gasteiger partial charge in [0.25, 0.3) is 0 Å². The molecular formula is C50H48I2N2O7. The van der Waals surface area contributed by atoms with Gasteiger partial charge in [0.2, 0.25) is 0 Å². The highest BCUT2D eigenvalue weighted by Crippen LogP contribution is 2.44. The maximum atomic E-state index is 13.0. The number of carbonyl (C=O) groups is 2. The van der Waals surface area contributed by atoms with Crippen LogP contribution in [0.15, 0.2) is 146 Å². The fourth-order valence-electron chi connectivity index (χ4n) is 6.97. The number of amides is 1. The number of H-pyrrole nitrogens is 1. The zero-order valence-electron chi connectivity index (χ0n) is 33.9. The molecule has 0 fully saturated rings. The summed E-state index contributed by atoms with van der Waals surface area (Å²) in [5.41, 5.74) is 7.84. The van der Waals surface area contributed by atoms with Crippen molar-refractivity contribution in [3.05, 3.63) is 169 Å². The first-order valence-electron chi connectivity index (χ1n) is 20.1. The van der Waals surface area contributed by atoms with E-state index in [9.17, 15) is 14.7 Å². The fourth-order valence-corrected chi connectivity index (χ4v) is 7.69. The quantitative estimate of drug-likeness (QED) is 0.0846. The Hall–Kier alpha value is -5.54. The molecule has 1 aliphatic rings. The second-order valence-electron chi connectivity index (χ2n) is 14.2. The van der Waals surface area contributed by atoms with Gasteiger partial charge in [-0.3, -0.25) is 0 Å². The zero-order chi connectivity index (χ0) is 43.1. The van der Waals surface area contributed by atoms with Crippen molar-refractivity contribution in [2.75, 3.05) is 19.8 Å². The van der Waals surface area contributed by atoms with E-state index in [1.54, 1.807) is 12.1 Å². The van der Waals surface area contributed by atoms with Gasteiger partial charge >= 0.3 is 12.1 Å². The molecule has 0 bridgehead atoms. The largest absolute Gasteiger partial charge is 0.508 e. The maximum absolute atomic E-state index is 13.0. The number of aromatic hydroxyl groups is 1.